The van der Waals surface area contributed by atoms with Crippen LogP contribution in [0.1, 0.15) is 0 Å². The lowest BCUT2D eigenvalue weighted by atomic mass is 10.3. The highest BCUT2D eigenvalue weighted by Crippen LogP contribution is 2.25. The molecule has 0 aliphatic rings. The van der Waals surface area contributed by atoms with Crippen LogP contribution < -0.4 is 10.9 Å². The summed E-state index contributed by atoms with van der Waals surface area (Å²) in [5.74, 6) is -0.415. The lowest BCUT2D eigenvalue weighted by Gasteiger charge is -2.09. The van der Waals surface area contributed by atoms with Crippen LogP contribution >= 0.6 is 23.2 Å². The van der Waals surface area contributed by atoms with Crippen LogP contribution in [0.25, 0.3) is 11.0 Å². The average Bonchev–Trinajstić information content (AvgIpc) is 2.88. The van der Waals surface area contributed by atoms with Gasteiger partial charge in [0.25, 0.3) is 5.56 Å². The number of fused-ring (bicyclic) bond motifs is 1. The van der Waals surface area contributed by atoms with Crippen LogP contribution in [0.2, 0.25) is 10.0 Å². The van der Waals surface area contributed by atoms with Crippen LogP contribution in [-0.2, 0) is 18.4 Å². The summed E-state index contributed by atoms with van der Waals surface area (Å²) in [5, 5.41) is 7.74. The van der Waals surface area contributed by atoms with Gasteiger partial charge in [-0.3, -0.25) is 18.8 Å². The van der Waals surface area contributed by atoms with Gasteiger partial charge in [0.05, 0.1) is 16.9 Å². The predicted octanol–water partition coefficient (Wildman–Crippen LogP) is 2.08. The minimum Gasteiger partial charge on any atom is -0.323 e. The highest BCUT2D eigenvalue weighted by Gasteiger charge is 2.12. The Morgan fingerprint density at radius 2 is 2.13 bits per heavy atom. The highest BCUT2D eigenvalue weighted by atomic mass is 35.5. The molecule has 3 aromatic rings. The number of rotatable bonds is 3. The fourth-order valence-electron chi connectivity index (χ4n) is 2.12. The van der Waals surface area contributed by atoms with Crippen LogP contribution in [0.15, 0.2) is 35.5 Å². The lowest BCUT2D eigenvalue weighted by molar-refractivity contribution is -0.116. The van der Waals surface area contributed by atoms with Crippen LogP contribution in [0.3, 0.4) is 0 Å². The molecule has 0 saturated carbocycles. The number of carbonyl (C=O) groups excluding carboxylic acids is 1. The number of anilines is 1. The Bertz CT molecular complexity index is 963. The molecule has 0 atom stereocenters. The monoisotopic (exact) mass is 351 g/mol. The molecule has 118 valence electrons. The van der Waals surface area contributed by atoms with Crippen molar-refractivity contribution >= 4 is 45.8 Å². The van der Waals surface area contributed by atoms with Crippen LogP contribution in [0, 0.1) is 0 Å². The van der Waals surface area contributed by atoms with Crippen LogP contribution in [-0.4, -0.2) is 25.2 Å². The first-order valence-electron chi connectivity index (χ1n) is 6.58. The van der Waals surface area contributed by atoms with Crippen molar-refractivity contribution in [3.8, 4) is 0 Å². The zero-order valence-corrected chi connectivity index (χ0v) is 13.5. The van der Waals surface area contributed by atoms with E-state index < -0.39 is 5.91 Å². The van der Waals surface area contributed by atoms with Crippen LogP contribution in [0.4, 0.5) is 5.69 Å². The Morgan fingerprint density at radius 3 is 2.91 bits per heavy atom. The number of hydrogen-bond donors (Lipinski definition) is 1. The van der Waals surface area contributed by atoms with Gasteiger partial charge in [-0.15, -0.1) is 0 Å². The van der Waals surface area contributed by atoms with Gasteiger partial charge in [0.2, 0.25) is 5.91 Å². The van der Waals surface area contributed by atoms with Crippen molar-refractivity contribution in [2.45, 2.75) is 6.54 Å². The second-order valence-corrected chi connectivity index (χ2v) is 5.70. The van der Waals surface area contributed by atoms with E-state index in [9.17, 15) is 9.59 Å². The molecule has 0 saturated heterocycles. The summed E-state index contributed by atoms with van der Waals surface area (Å²) >= 11 is 11.9. The average molecular weight is 352 g/mol. The minimum absolute atomic E-state index is 0.195. The molecule has 7 nitrogen and oxygen atoms in total. The van der Waals surface area contributed by atoms with E-state index in [1.54, 1.807) is 19.2 Å². The molecule has 23 heavy (non-hydrogen) atoms. The Morgan fingerprint density at radius 1 is 1.35 bits per heavy atom. The van der Waals surface area contributed by atoms with E-state index in [4.69, 9.17) is 23.2 Å². The van der Waals surface area contributed by atoms with E-state index in [-0.39, 0.29) is 12.1 Å². The van der Waals surface area contributed by atoms with E-state index in [1.165, 1.54) is 27.8 Å². The third-order valence-corrected chi connectivity index (χ3v) is 3.80. The lowest BCUT2D eigenvalue weighted by Crippen LogP contribution is -2.27. The van der Waals surface area contributed by atoms with Gasteiger partial charge in [-0.25, -0.2) is 4.98 Å². The number of benzene rings is 1. The van der Waals surface area contributed by atoms with Gasteiger partial charge in [0.1, 0.15) is 18.3 Å². The Kier molecular flexibility index (Phi) is 4.06. The Balaban J connectivity index is 1.84. The maximum atomic E-state index is 12.3. The van der Waals surface area contributed by atoms with Crippen molar-refractivity contribution in [3.63, 3.8) is 0 Å². The van der Waals surface area contributed by atoms with E-state index in [0.717, 1.165) is 0 Å². The molecule has 0 aliphatic heterocycles. The number of aromatic nitrogens is 4. The molecular weight excluding hydrogens is 341 g/mol. The molecule has 0 unspecified atom stereocenters. The molecular formula is C14H11Cl2N5O2. The maximum absolute atomic E-state index is 12.3. The van der Waals surface area contributed by atoms with Gasteiger partial charge < -0.3 is 5.32 Å². The first-order valence-corrected chi connectivity index (χ1v) is 7.33. The Labute approximate surface area is 140 Å². The summed E-state index contributed by atoms with van der Waals surface area (Å²) < 4.78 is 2.70. The van der Waals surface area contributed by atoms with Gasteiger partial charge in [-0.2, -0.15) is 5.10 Å². The normalized spacial score (nSPS) is 10.9. The summed E-state index contributed by atoms with van der Waals surface area (Å²) in [4.78, 5) is 28.5. The zero-order chi connectivity index (χ0) is 16.6. The summed E-state index contributed by atoms with van der Waals surface area (Å²) in [6.07, 6.45) is 2.73. The number of nitrogens with one attached hydrogen (secondary N) is 1. The molecule has 0 aliphatic carbocycles. The molecule has 2 heterocycles. The first-order chi connectivity index (χ1) is 11.0. The summed E-state index contributed by atoms with van der Waals surface area (Å²) in [7, 11) is 1.69. The fourth-order valence-corrected chi connectivity index (χ4v) is 2.45. The largest absolute Gasteiger partial charge is 0.323 e. The highest BCUT2D eigenvalue weighted by molar-refractivity contribution is 6.35. The van der Waals surface area contributed by atoms with Crippen molar-refractivity contribution in [1.29, 1.82) is 0 Å². The van der Waals surface area contributed by atoms with Gasteiger partial charge in [-0.05, 0) is 18.2 Å². The van der Waals surface area contributed by atoms with Crippen molar-refractivity contribution in [1.82, 2.24) is 19.3 Å². The molecule has 0 radical (unpaired) electrons. The molecule has 9 heteroatoms. The van der Waals surface area contributed by atoms with Gasteiger partial charge in [0.15, 0.2) is 5.65 Å². The van der Waals surface area contributed by atoms with Crippen molar-refractivity contribution in [2.24, 2.45) is 7.05 Å². The SMILES string of the molecule is Cn1ncc2c(=O)n(CC(=O)Nc3cc(Cl)ccc3Cl)cnc21. The number of hydrogen-bond acceptors (Lipinski definition) is 4. The third kappa shape index (κ3) is 3.06. The standard InChI is InChI=1S/C14H11Cl2N5O2/c1-20-13-9(5-18-20)14(23)21(7-17-13)6-12(22)19-11-4-8(15)2-3-10(11)16/h2-5,7H,6H2,1H3,(H,19,22). The molecule has 0 bridgehead atoms. The Hall–Kier alpha value is -2.38. The van der Waals surface area contributed by atoms with E-state index >= 15 is 0 Å². The third-order valence-electron chi connectivity index (χ3n) is 3.23. The number of carbonyl (C=O) groups is 1. The van der Waals surface area contributed by atoms with Gasteiger partial charge in [0, 0.05) is 12.1 Å². The topological polar surface area (TPSA) is 81.8 Å². The summed E-state index contributed by atoms with van der Waals surface area (Å²) in [6, 6.07) is 4.73. The number of amides is 1. The number of aryl methyl sites for hydroxylation is 1. The molecule has 1 aromatic carbocycles. The zero-order valence-electron chi connectivity index (χ0n) is 12.0. The molecule has 1 amide bonds. The quantitative estimate of drug-likeness (QED) is 0.783. The van der Waals surface area contributed by atoms with Gasteiger partial charge in [-0.1, -0.05) is 23.2 Å². The molecule has 1 N–H and O–H groups in total. The molecule has 3 rings (SSSR count). The van der Waals surface area contributed by atoms with Gasteiger partial charge >= 0.3 is 0 Å². The van der Waals surface area contributed by atoms with E-state index in [2.05, 4.69) is 15.4 Å². The van der Waals surface area contributed by atoms with Crippen molar-refractivity contribution in [3.05, 3.63) is 51.1 Å². The first kappa shape index (κ1) is 15.5. The smallest absolute Gasteiger partial charge is 0.264 e. The predicted molar refractivity (Wildman–Crippen MR) is 87.9 cm³/mol. The second-order valence-electron chi connectivity index (χ2n) is 4.86. The molecule has 0 fully saturated rings. The molecule has 0 spiro atoms. The fraction of sp³-hybridized carbons (Fsp3) is 0.143. The van der Waals surface area contributed by atoms with Crippen molar-refractivity contribution < 1.29 is 4.79 Å². The second kappa shape index (κ2) is 6.02. The molecule has 2 aromatic heterocycles. The number of nitrogens with zero attached hydrogens (tertiary/aromatic N) is 4. The number of halogens is 2. The summed E-state index contributed by atoms with van der Waals surface area (Å²) in [6.45, 7) is -0.195. The summed E-state index contributed by atoms with van der Waals surface area (Å²) in [5.41, 5.74) is 0.507. The van der Waals surface area contributed by atoms with E-state index in [0.29, 0.717) is 26.8 Å². The van der Waals surface area contributed by atoms with E-state index in [1.807, 2.05) is 0 Å². The minimum atomic E-state index is -0.415. The van der Waals surface area contributed by atoms with Crippen LogP contribution in [0.5, 0.6) is 0 Å². The van der Waals surface area contributed by atoms with Crippen molar-refractivity contribution in [2.75, 3.05) is 5.32 Å². The maximum Gasteiger partial charge on any atom is 0.264 e.